The molecule has 1 atom stereocenters. The Bertz CT molecular complexity index is 920. The average Bonchev–Trinajstić information content (AvgIpc) is 3.15. The van der Waals surface area contributed by atoms with Crippen LogP contribution in [0.15, 0.2) is 30.3 Å². The summed E-state index contributed by atoms with van der Waals surface area (Å²) in [6, 6.07) is 8.92. The molecule has 160 valence electrons. The summed E-state index contributed by atoms with van der Waals surface area (Å²) in [4.78, 5) is 40.2. The van der Waals surface area contributed by atoms with E-state index in [-0.39, 0.29) is 24.3 Å². The van der Waals surface area contributed by atoms with Crippen molar-refractivity contribution in [2.75, 3.05) is 23.7 Å². The lowest BCUT2D eigenvalue weighted by Gasteiger charge is -2.20. The third-order valence-electron chi connectivity index (χ3n) is 5.47. The standard InChI is InChI=1S/C23H29N3O3S/c1-4-16-6-11-20-17(12-16)13-21(30-20)23(29)26(5-2)14-22(28)25-19-9-7-18(8-10-19)24-15(3)27/h7-10,13,16H,4-6,11-12,14H2,1-3H3,(H,24,27)(H,25,28)/t16-/m0/s1. The van der Waals surface area contributed by atoms with Gasteiger partial charge in [0.15, 0.2) is 0 Å². The number of fused-ring (bicyclic) bond motifs is 1. The molecule has 0 unspecified atom stereocenters. The van der Waals surface area contributed by atoms with Crippen LogP contribution >= 0.6 is 11.3 Å². The van der Waals surface area contributed by atoms with E-state index in [0.29, 0.717) is 23.8 Å². The molecular weight excluding hydrogens is 398 g/mol. The number of aryl methyl sites for hydroxylation is 1. The Morgan fingerprint density at radius 2 is 1.77 bits per heavy atom. The van der Waals surface area contributed by atoms with Gasteiger partial charge in [0.05, 0.1) is 4.88 Å². The molecule has 1 aliphatic carbocycles. The number of nitrogens with zero attached hydrogens (tertiary/aromatic N) is 1. The number of likely N-dealkylation sites (N-methyl/N-ethyl adjacent to an activating group) is 1. The molecule has 2 N–H and O–H groups in total. The second-order valence-electron chi connectivity index (χ2n) is 7.70. The van der Waals surface area contributed by atoms with Crippen molar-refractivity contribution in [3.8, 4) is 0 Å². The predicted molar refractivity (Wildman–Crippen MR) is 121 cm³/mol. The number of thiophene rings is 1. The molecule has 6 nitrogen and oxygen atoms in total. The van der Waals surface area contributed by atoms with Gasteiger partial charge in [-0.2, -0.15) is 0 Å². The maximum absolute atomic E-state index is 13.0. The van der Waals surface area contributed by atoms with E-state index in [1.807, 2.05) is 13.0 Å². The molecule has 0 saturated carbocycles. The van der Waals surface area contributed by atoms with Crippen molar-refractivity contribution < 1.29 is 14.4 Å². The molecule has 1 heterocycles. The van der Waals surface area contributed by atoms with E-state index >= 15 is 0 Å². The van der Waals surface area contributed by atoms with Gasteiger partial charge in [-0.3, -0.25) is 14.4 Å². The summed E-state index contributed by atoms with van der Waals surface area (Å²) >= 11 is 1.58. The fourth-order valence-electron chi connectivity index (χ4n) is 3.75. The summed E-state index contributed by atoms with van der Waals surface area (Å²) in [5.74, 6) is 0.232. The Morgan fingerprint density at radius 1 is 1.10 bits per heavy atom. The van der Waals surface area contributed by atoms with Gasteiger partial charge in [0, 0.05) is 29.7 Å². The summed E-state index contributed by atoms with van der Waals surface area (Å²) in [5.41, 5.74) is 2.59. The van der Waals surface area contributed by atoms with Crippen LogP contribution in [0.2, 0.25) is 0 Å². The molecule has 30 heavy (non-hydrogen) atoms. The molecule has 0 bridgehead atoms. The number of carbonyl (C=O) groups excluding carboxylic acids is 3. The minimum atomic E-state index is -0.246. The van der Waals surface area contributed by atoms with Crippen molar-refractivity contribution in [1.82, 2.24) is 4.90 Å². The van der Waals surface area contributed by atoms with Crippen LogP contribution in [0.25, 0.3) is 0 Å². The zero-order valence-corrected chi connectivity index (χ0v) is 18.6. The maximum Gasteiger partial charge on any atom is 0.264 e. The van der Waals surface area contributed by atoms with Crippen LogP contribution < -0.4 is 10.6 Å². The lowest BCUT2D eigenvalue weighted by atomic mass is 9.87. The van der Waals surface area contributed by atoms with E-state index in [2.05, 4.69) is 17.6 Å². The van der Waals surface area contributed by atoms with Crippen molar-refractivity contribution in [3.05, 3.63) is 45.6 Å². The SMILES string of the molecule is CC[C@H]1CCc2sc(C(=O)N(CC)CC(=O)Nc3ccc(NC(C)=O)cc3)cc2C1. The molecule has 0 aliphatic heterocycles. The minimum Gasteiger partial charge on any atom is -0.329 e. The molecule has 0 saturated heterocycles. The number of rotatable bonds is 7. The van der Waals surface area contributed by atoms with Crippen LogP contribution in [0.3, 0.4) is 0 Å². The lowest BCUT2D eigenvalue weighted by molar-refractivity contribution is -0.117. The Morgan fingerprint density at radius 3 is 2.37 bits per heavy atom. The highest BCUT2D eigenvalue weighted by Crippen LogP contribution is 2.34. The molecule has 1 aromatic carbocycles. The van der Waals surface area contributed by atoms with Crippen molar-refractivity contribution in [3.63, 3.8) is 0 Å². The van der Waals surface area contributed by atoms with Gasteiger partial charge in [0.2, 0.25) is 11.8 Å². The quantitative estimate of drug-likeness (QED) is 0.691. The third kappa shape index (κ3) is 5.48. The summed E-state index contributed by atoms with van der Waals surface area (Å²) in [6.45, 7) is 6.02. The monoisotopic (exact) mass is 427 g/mol. The largest absolute Gasteiger partial charge is 0.329 e. The predicted octanol–water partition coefficient (Wildman–Crippen LogP) is 4.32. The molecular formula is C23H29N3O3S. The maximum atomic E-state index is 13.0. The first-order chi connectivity index (χ1) is 14.4. The lowest BCUT2D eigenvalue weighted by Crippen LogP contribution is -2.37. The molecule has 0 spiro atoms. The van der Waals surface area contributed by atoms with Crippen molar-refractivity contribution >= 4 is 40.4 Å². The molecule has 1 aromatic heterocycles. The van der Waals surface area contributed by atoms with Gasteiger partial charge < -0.3 is 15.5 Å². The number of amides is 3. The molecule has 7 heteroatoms. The van der Waals surface area contributed by atoms with Gasteiger partial charge in [-0.05, 0) is 68.0 Å². The fraction of sp³-hybridized carbons (Fsp3) is 0.435. The van der Waals surface area contributed by atoms with E-state index in [0.717, 1.165) is 17.7 Å². The van der Waals surface area contributed by atoms with E-state index in [9.17, 15) is 14.4 Å². The Labute approximate surface area is 181 Å². The highest BCUT2D eigenvalue weighted by molar-refractivity contribution is 7.14. The molecule has 2 aromatic rings. The molecule has 0 fully saturated rings. The van der Waals surface area contributed by atoms with Crippen LogP contribution in [0.4, 0.5) is 11.4 Å². The van der Waals surface area contributed by atoms with Crippen molar-refractivity contribution in [2.24, 2.45) is 5.92 Å². The van der Waals surface area contributed by atoms with Crippen LogP contribution in [0.5, 0.6) is 0 Å². The zero-order valence-electron chi connectivity index (χ0n) is 17.8. The topological polar surface area (TPSA) is 78.5 Å². The number of nitrogens with one attached hydrogen (secondary N) is 2. The number of benzene rings is 1. The Kier molecular flexibility index (Phi) is 7.26. The summed E-state index contributed by atoms with van der Waals surface area (Å²) in [7, 11) is 0. The van der Waals surface area contributed by atoms with Crippen LogP contribution in [0, 0.1) is 5.92 Å². The Hall–Kier alpha value is -2.67. The highest BCUT2D eigenvalue weighted by Gasteiger charge is 2.25. The van der Waals surface area contributed by atoms with Gasteiger partial charge in [-0.25, -0.2) is 0 Å². The van der Waals surface area contributed by atoms with E-state index < -0.39 is 0 Å². The van der Waals surface area contributed by atoms with Gasteiger partial charge in [-0.15, -0.1) is 11.3 Å². The van der Waals surface area contributed by atoms with E-state index in [4.69, 9.17) is 0 Å². The van der Waals surface area contributed by atoms with Gasteiger partial charge >= 0.3 is 0 Å². The number of hydrogen-bond acceptors (Lipinski definition) is 4. The molecule has 1 aliphatic rings. The van der Waals surface area contributed by atoms with Gasteiger partial charge in [0.1, 0.15) is 6.54 Å². The van der Waals surface area contributed by atoms with Crippen LogP contribution in [-0.4, -0.2) is 35.7 Å². The van der Waals surface area contributed by atoms with Crippen LogP contribution in [0.1, 0.15) is 53.7 Å². The number of anilines is 2. The van der Waals surface area contributed by atoms with E-state index in [1.165, 1.54) is 30.2 Å². The van der Waals surface area contributed by atoms with Crippen molar-refractivity contribution in [2.45, 2.75) is 46.5 Å². The first-order valence-electron chi connectivity index (χ1n) is 10.5. The number of carbonyl (C=O) groups is 3. The zero-order chi connectivity index (χ0) is 21.7. The first-order valence-corrected chi connectivity index (χ1v) is 11.3. The molecule has 0 radical (unpaired) electrons. The summed E-state index contributed by atoms with van der Waals surface area (Å²) in [6.07, 6.45) is 4.47. The fourth-order valence-corrected chi connectivity index (χ4v) is 4.93. The van der Waals surface area contributed by atoms with Gasteiger partial charge in [0.25, 0.3) is 5.91 Å². The summed E-state index contributed by atoms with van der Waals surface area (Å²) in [5, 5.41) is 5.50. The average molecular weight is 428 g/mol. The smallest absolute Gasteiger partial charge is 0.264 e. The molecule has 3 rings (SSSR count). The summed E-state index contributed by atoms with van der Waals surface area (Å²) < 4.78 is 0. The minimum absolute atomic E-state index is 0.00291. The molecule has 3 amide bonds. The number of hydrogen-bond donors (Lipinski definition) is 2. The van der Waals surface area contributed by atoms with Crippen LogP contribution in [-0.2, 0) is 22.4 Å². The highest BCUT2D eigenvalue weighted by atomic mass is 32.1. The third-order valence-corrected chi connectivity index (χ3v) is 6.69. The first kappa shape index (κ1) is 22.0. The second kappa shape index (κ2) is 9.89. The van der Waals surface area contributed by atoms with Crippen molar-refractivity contribution in [1.29, 1.82) is 0 Å². The second-order valence-corrected chi connectivity index (χ2v) is 8.84. The van der Waals surface area contributed by atoms with Gasteiger partial charge in [-0.1, -0.05) is 13.3 Å². The normalized spacial score (nSPS) is 15.2. The van der Waals surface area contributed by atoms with E-state index in [1.54, 1.807) is 40.5 Å². The Balaban J connectivity index is 1.60.